The lowest BCUT2D eigenvalue weighted by atomic mass is 10.2. The fourth-order valence-electron chi connectivity index (χ4n) is 1.47. The van der Waals surface area contributed by atoms with Gasteiger partial charge in [-0.15, -0.1) is 11.8 Å². The standard InChI is InChI=1S/C11H13N3O2S/c12-9-3-1-8(2-4-9)6-17-7-14-5-10(15)13-11(14)16/h1-4H,5-7,12H2,(H,13,15,16). The number of benzene rings is 1. The van der Waals surface area contributed by atoms with E-state index < -0.39 is 0 Å². The molecule has 0 aromatic heterocycles. The molecule has 0 aliphatic carbocycles. The van der Waals surface area contributed by atoms with E-state index >= 15 is 0 Å². The number of nitrogens with one attached hydrogen (secondary N) is 1. The topological polar surface area (TPSA) is 75.4 Å². The number of thioether (sulfide) groups is 1. The smallest absolute Gasteiger partial charge is 0.325 e. The minimum Gasteiger partial charge on any atom is -0.399 e. The predicted octanol–water partition coefficient (Wildman–Crippen LogP) is 1.01. The van der Waals surface area contributed by atoms with Crippen molar-refractivity contribution in [2.24, 2.45) is 0 Å². The Hall–Kier alpha value is -1.69. The van der Waals surface area contributed by atoms with Crippen LogP contribution in [0.4, 0.5) is 10.5 Å². The number of nitrogens with two attached hydrogens (primary N) is 1. The van der Waals surface area contributed by atoms with E-state index in [9.17, 15) is 9.59 Å². The fraction of sp³-hybridized carbons (Fsp3) is 0.273. The summed E-state index contributed by atoms with van der Waals surface area (Å²) in [6.07, 6.45) is 0. The van der Waals surface area contributed by atoms with Crippen LogP contribution < -0.4 is 11.1 Å². The molecule has 5 nitrogen and oxygen atoms in total. The molecule has 0 bridgehead atoms. The van der Waals surface area contributed by atoms with Crippen LogP contribution in [0.5, 0.6) is 0 Å². The van der Waals surface area contributed by atoms with Crippen molar-refractivity contribution in [3.05, 3.63) is 29.8 Å². The van der Waals surface area contributed by atoms with Gasteiger partial charge in [-0.05, 0) is 17.7 Å². The van der Waals surface area contributed by atoms with Gasteiger partial charge in [-0.2, -0.15) is 0 Å². The highest BCUT2D eigenvalue weighted by Crippen LogP contribution is 2.15. The second-order valence-corrected chi connectivity index (χ2v) is 4.73. The van der Waals surface area contributed by atoms with Crippen LogP contribution in [-0.4, -0.2) is 29.3 Å². The summed E-state index contributed by atoms with van der Waals surface area (Å²) in [5.74, 6) is 1.07. The van der Waals surface area contributed by atoms with Crippen LogP contribution in [0.25, 0.3) is 0 Å². The number of anilines is 1. The molecule has 0 saturated carbocycles. The average Bonchev–Trinajstić information content (AvgIpc) is 2.60. The summed E-state index contributed by atoms with van der Waals surface area (Å²) in [5.41, 5.74) is 7.47. The van der Waals surface area contributed by atoms with Gasteiger partial charge in [0.15, 0.2) is 0 Å². The summed E-state index contributed by atoms with van der Waals surface area (Å²) in [5, 5.41) is 2.24. The molecule has 0 atom stereocenters. The molecule has 90 valence electrons. The molecule has 1 fully saturated rings. The van der Waals surface area contributed by atoms with Crippen LogP contribution in [0.3, 0.4) is 0 Å². The molecule has 1 aliphatic heterocycles. The van der Waals surface area contributed by atoms with Crippen molar-refractivity contribution in [3.63, 3.8) is 0 Å². The second-order valence-electron chi connectivity index (χ2n) is 3.77. The van der Waals surface area contributed by atoms with Crippen LogP contribution in [0.1, 0.15) is 5.56 Å². The number of rotatable bonds is 4. The SMILES string of the molecule is Nc1ccc(CSCN2CC(=O)NC2=O)cc1. The number of carbonyl (C=O) groups excluding carboxylic acids is 2. The lowest BCUT2D eigenvalue weighted by Crippen LogP contribution is -2.27. The summed E-state index contributed by atoms with van der Waals surface area (Å²) in [6, 6.07) is 7.30. The van der Waals surface area contributed by atoms with Gasteiger partial charge in [-0.3, -0.25) is 10.1 Å². The zero-order valence-corrected chi connectivity index (χ0v) is 10.00. The van der Waals surface area contributed by atoms with Gasteiger partial charge in [0, 0.05) is 11.4 Å². The predicted molar refractivity (Wildman–Crippen MR) is 67.3 cm³/mol. The number of hydrogen-bond acceptors (Lipinski definition) is 4. The molecule has 2 rings (SSSR count). The normalized spacial score (nSPS) is 15.2. The van der Waals surface area contributed by atoms with Gasteiger partial charge in [0.1, 0.15) is 6.54 Å². The molecule has 0 spiro atoms. The van der Waals surface area contributed by atoms with E-state index in [4.69, 9.17) is 5.73 Å². The van der Waals surface area contributed by atoms with Crippen molar-refractivity contribution >= 4 is 29.4 Å². The zero-order chi connectivity index (χ0) is 12.3. The molecule has 0 radical (unpaired) electrons. The minimum absolute atomic E-state index is 0.160. The Morgan fingerprint density at radius 3 is 2.59 bits per heavy atom. The maximum Gasteiger partial charge on any atom is 0.325 e. The molecule has 1 aromatic rings. The highest BCUT2D eigenvalue weighted by Gasteiger charge is 2.25. The van der Waals surface area contributed by atoms with Gasteiger partial charge in [-0.1, -0.05) is 12.1 Å². The first-order valence-corrected chi connectivity index (χ1v) is 6.31. The number of nitrogen functional groups attached to an aromatic ring is 1. The number of urea groups is 1. The lowest BCUT2D eigenvalue weighted by molar-refractivity contribution is -0.118. The maximum absolute atomic E-state index is 11.2. The molecule has 17 heavy (non-hydrogen) atoms. The summed E-state index contributed by atoms with van der Waals surface area (Å²) >= 11 is 1.59. The van der Waals surface area contributed by atoms with Gasteiger partial charge in [0.05, 0.1) is 5.88 Å². The first-order valence-electron chi connectivity index (χ1n) is 5.16. The zero-order valence-electron chi connectivity index (χ0n) is 9.18. The van der Waals surface area contributed by atoms with E-state index in [-0.39, 0.29) is 18.5 Å². The molecule has 1 aliphatic rings. The molecule has 0 unspecified atom stereocenters. The molecule has 3 N–H and O–H groups in total. The van der Waals surface area contributed by atoms with E-state index in [2.05, 4.69) is 5.32 Å². The molecular weight excluding hydrogens is 238 g/mol. The van der Waals surface area contributed by atoms with Crippen molar-refractivity contribution in [1.82, 2.24) is 10.2 Å². The summed E-state index contributed by atoms with van der Waals surface area (Å²) in [4.78, 5) is 23.7. The monoisotopic (exact) mass is 251 g/mol. The molecule has 1 aromatic carbocycles. The van der Waals surface area contributed by atoms with Gasteiger partial charge in [-0.25, -0.2) is 4.79 Å². The third-order valence-electron chi connectivity index (χ3n) is 2.36. The molecular formula is C11H13N3O2S. The van der Waals surface area contributed by atoms with E-state index in [1.807, 2.05) is 24.3 Å². The van der Waals surface area contributed by atoms with E-state index in [1.165, 1.54) is 4.90 Å². The number of imide groups is 1. The molecule has 3 amide bonds. The Labute approximate surface area is 103 Å². The van der Waals surface area contributed by atoms with Crippen LogP contribution >= 0.6 is 11.8 Å². The number of carbonyl (C=O) groups is 2. The Morgan fingerprint density at radius 1 is 1.29 bits per heavy atom. The third-order valence-corrected chi connectivity index (χ3v) is 3.40. The van der Waals surface area contributed by atoms with Gasteiger partial charge >= 0.3 is 6.03 Å². The molecule has 6 heteroatoms. The maximum atomic E-state index is 11.2. The molecule has 1 heterocycles. The lowest BCUT2D eigenvalue weighted by Gasteiger charge is -2.12. The van der Waals surface area contributed by atoms with Crippen LogP contribution in [0.15, 0.2) is 24.3 Å². The Morgan fingerprint density at radius 2 is 2.00 bits per heavy atom. The van der Waals surface area contributed by atoms with Crippen molar-refractivity contribution in [3.8, 4) is 0 Å². The Balaban J connectivity index is 1.78. The van der Waals surface area contributed by atoms with Crippen molar-refractivity contribution < 1.29 is 9.59 Å². The molecule has 1 saturated heterocycles. The minimum atomic E-state index is -0.306. The highest BCUT2D eigenvalue weighted by atomic mass is 32.2. The third kappa shape index (κ3) is 3.13. The summed E-state index contributed by atoms with van der Waals surface area (Å²) in [7, 11) is 0. The number of nitrogens with zero attached hydrogens (tertiary/aromatic N) is 1. The van der Waals surface area contributed by atoms with Crippen molar-refractivity contribution in [1.29, 1.82) is 0 Å². The van der Waals surface area contributed by atoms with Crippen LogP contribution in [0.2, 0.25) is 0 Å². The first kappa shape index (κ1) is 11.8. The number of amides is 3. The van der Waals surface area contributed by atoms with Gasteiger partial charge in [0.2, 0.25) is 5.91 Å². The van der Waals surface area contributed by atoms with Crippen molar-refractivity contribution in [2.75, 3.05) is 18.2 Å². The van der Waals surface area contributed by atoms with Gasteiger partial charge in [0.25, 0.3) is 0 Å². The Kier molecular flexibility index (Phi) is 3.53. The largest absolute Gasteiger partial charge is 0.399 e. The van der Waals surface area contributed by atoms with E-state index in [0.29, 0.717) is 5.88 Å². The number of hydrogen-bond donors (Lipinski definition) is 2. The van der Waals surface area contributed by atoms with E-state index in [1.54, 1.807) is 11.8 Å². The van der Waals surface area contributed by atoms with Gasteiger partial charge < -0.3 is 10.6 Å². The summed E-state index contributed by atoms with van der Waals surface area (Å²) < 4.78 is 0. The van der Waals surface area contributed by atoms with Crippen LogP contribution in [0, 0.1) is 0 Å². The quantitative estimate of drug-likeness (QED) is 0.618. The highest BCUT2D eigenvalue weighted by molar-refractivity contribution is 7.98. The fourth-order valence-corrected chi connectivity index (χ4v) is 2.42. The van der Waals surface area contributed by atoms with Crippen LogP contribution in [-0.2, 0) is 10.5 Å². The average molecular weight is 251 g/mol. The second kappa shape index (κ2) is 5.09. The summed E-state index contributed by atoms with van der Waals surface area (Å²) in [6.45, 7) is 0.160. The first-order chi connectivity index (χ1) is 8.15. The van der Waals surface area contributed by atoms with E-state index in [0.717, 1.165) is 17.0 Å². The Bertz CT molecular complexity index is 433. The van der Waals surface area contributed by atoms with Crippen molar-refractivity contribution in [2.45, 2.75) is 5.75 Å².